The zero-order valence-electron chi connectivity index (χ0n) is 18.2. The standard InChI is InChI=1S/C25H23BrN2O4S/c1-30-19-14-15(13-18(26)22(19)32-12-11-31-16-7-3-2-4-8-16)23-27-24(29)21-17-9-5-6-10-20(17)33-25(21)28-23/h2-4,7-8,13-14H,5-6,9-12H2,1H3,(H,27,28,29). The first-order valence-corrected chi connectivity index (χ1v) is 12.5. The second kappa shape index (κ2) is 9.57. The monoisotopic (exact) mass is 526 g/mol. The van der Waals surface area contributed by atoms with Gasteiger partial charge in [0.25, 0.3) is 5.56 Å². The van der Waals surface area contributed by atoms with E-state index >= 15 is 0 Å². The summed E-state index contributed by atoms with van der Waals surface area (Å²) >= 11 is 5.22. The van der Waals surface area contributed by atoms with Gasteiger partial charge in [0, 0.05) is 10.4 Å². The van der Waals surface area contributed by atoms with Crippen molar-refractivity contribution < 1.29 is 14.2 Å². The lowest BCUT2D eigenvalue weighted by molar-refractivity contribution is 0.210. The number of fused-ring (bicyclic) bond motifs is 3. The van der Waals surface area contributed by atoms with E-state index < -0.39 is 0 Å². The maximum atomic E-state index is 12.9. The Morgan fingerprint density at radius 1 is 1.09 bits per heavy atom. The molecule has 170 valence electrons. The fraction of sp³-hybridized carbons (Fsp3) is 0.280. The number of H-pyrrole nitrogens is 1. The molecule has 33 heavy (non-hydrogen) atoms. The van der Waals surface area contributed by atoms with Crippen molar-refractivity contribution in [3.05, 3.63) is 67.7 Å². The Hall–Kier alpha value is -2.84. The summed E-state index contributed by atoms with van der Waals surface area (Å²) in [6.07, 6.45) is 4.29. The maximum Gasteiger partial charge on any atom is 0.260 e. The predicted octanol–water partition coefficient (Wildman–Crippen LogP) is 5.76. The van der Waals surface area contributed by atoms with Crippen molar-refractivity contribution >= 4 is 37.5 Å². The summed E-state index contributed by atoms with van der Waals surface area (Å²) in [5, 5.41) is 0.753. The number of aromatic nitrogens is 2. The Labute approximate surface area is 203 Å². The van der Waals surface area contributed by atoms with Gasteiger partial charge in [-0.2, -0.15) is 0 Å². The molecule has 8 heteroatoms. The fourth-order valence-electron chi connectivity index (χ4n) is 4.12. The van der Waals surface area contributed by atoms with Crippen LogP contribution in [-0.2, 0) is 12.8 Å². The number of nitrogens with one attached hydrogen (secondary N) is 1. The topological polar surface area (TPSA) is 73.4 Å². The largest absolute Gasteiger partial charge is 0.493 e. The fourth-order valence-corrected chi connectivity index (χ4v) is 5.94. The molecule has 0 atom stereocenters. The summed E-state index contributed by atoms with van der Waals surface area (Å²) in [6, 6.07) is 13.3. The molecule has 1 aliphatic carbocycles. The number of halogens is 1. The van der Waals surface area contributed by atoms with Gasteiger partial charge in [-0.3, -0.25) is 4.79 Å². The summed E-state index contributed by atoms with van der Waals surface area (Å²) in [5.41, 5.74) is 1.85. The van der Waals surface area contributed by atoms with Crippen LogP contribution in [-0.4, -0.2) is 30.3 Å². The number of rotatable bonds is 7. The molecule has 2 heterocycles. The van der Waals surface area contributed by atoms with E-state index in [-0.39, 0.29) is 5.56 Å². The lowest BCUT2D eigenvalue weighted by Crippen LogP contribution is -2.11. The molecule has 6 nitrogen and oxygen atoms in total. The molecule has 0 spiro atoms. The van der Waals surface area contributed by atoms with Crippen molar-refractivity contribution in [2.75, 3.05) is 20.3 Å². The summed E-state index contributed by atoms with van der Waals surface area (Å²) in [4.78, 5) is 22.8. The number of aromatic amines is 1. The molecule has 5 rings (SSSR count). The Balaban J connectivity index is 1.39. The van der Waals surface area contributed by atoms with Crippen LogP contribution in [0.15, 0.2) is 51.7 Å². The Bertz CT molecular complexity index is 1350. The van der Waals surface area contributed by atoms with Crippen LogP contribution in [0.4, 0.5) is 0 Å². The quantitative estimate of drug-likeness (QED) is 0.310. The average Bonchev–Trinajstić information content (AvgIpc) is 3.22. The summed E-state index contributed by atoms with van der Waals surface area (Å²) in [6.45, 7) is 0.751. The average molecular weight is 527 g/mol. The highest BCUT2D eigenvalue weighted by atomic mass is 79.9. The molecule has 1 N–H and O–H groups in total. The number of benzene rings is 2. The van der Waals surface area contributed by atoms with E-state index in [1.165, 1.54) is 16.9 Å². The zero-order valence-corrected chi connectivity index (χ0v) is 20.6. The van der Waals surface area contributed by atoms with Crippen molar-refractivity contribution in [2.45, 2.75) is 25.7 Å². The van der Waals surface area contributed by atoms with Gasteiger partial charge in [-0.25, -0.2) is 4.98 Å². The van der Waals surface area contributed by atoms with Crippen LogP contribution in [0.1, 0.15) is 23.3 Å². The number of aryl methyl sites for hydroxylation is 2. The number of para-hydroxylation sites is 1. The summed E-state index contributed by atoms with van der Waals surface area (Å²) in [5.74, 6) is 2.44. The lowest BCUT2D eigenvalue weighted by Gasteiger charge is -2.15. The highest BCUT2D eigenvalue weighted by molar-refractivity contribution is 9.10. The van der Waals surface area contributed by atoms with Crippen molar-refractivity contribution in [3.63, 3.8) is 0 Å². The van der Waals surface area contributed by atoms with Gasteiger partial charge >= 0.3 is 0 Å². The van der Waals surface area contributed by atoms with Crippen LogP contribution in [0.25, 0.3) is 21.6 Å². The summed E-state index contributed by atoms with van der Waals surface area (Å²) in [7, 11) is 1.59. The zero-order chi connectivity index (χ0) is 22.8. The first kappa shape index (κ1) is 22.0. The van der Waals surface area contributed by atoms with E-state index in [1.54, 1.807) is 18.4 Å². The second-order valence-electron chi connectivity index (χ2n) is 7.81. The molecule has 0 fully saturated rings. The molecule has 0 saturated carbocycles. The molecular weight excluding hydrogens is 504 g/mol. The van der Waals surface area contributed by atoms with Crippen molar-refractivity contribution in [1.29, 1.82) is 0 Å². The van der Waals surface area contributed by atoms with Crippen LogP contribution >= 0.6 is 27.3 Å². The number of methoxy groups -OCH3 is 1. The molecule has 0 unspecified atom stereocenters. The third-order valence-corrected chi connectivity index (χ3v) is 7.44. The molecule has 0 amide bonds. The molecule has 2 aromatic carbocycles. The van der Waals surface area contributed by atoms with Crippen LogP contribution in [0, 0.1) is 0 Å². The molecule has 0 saturated heterocycles. The van der Waals surface area contributed by atoms with Gasteiger partial charge in [-0.1, -0.05) is 18.2 Å². The van der Waals surface area contributed by atoms with Gasteiger partial charge < -0.3 is 19.2 Å². The van der Waals surface area contributed by atoms with E-state index in [1.807, 2.05) is 42.5 Å². The van der Waals surface area contributed by atoms with Crippen molar-refractivity contribution in [2.24, 2.45) is 0 Å². The summed E-state index contributed by atoms with van der Waals surface area (Å²) < 4.78 is 17.9. The minimum Gasteiger partial charge on any atom is -0.493 e. The highest BCUT2D eigenvalue weighted by Gasteiger charge is 2.21. The second-order valence-corrected chi connectivity index (χ2v) is 9.74. The van der Waals surface area contributed by atoms with Crippen LogP contribution in [0.2, 0.25) is 0 Å². The van der Waals surface area contributed by atoms with Crippen LogP contribution < -0.4 is 19.8 Å². The minimum atomic E-state index is -0.0807. The first-order chi connectivity index (χ1) is 16.1. The van der Waals surface area contributed by atoms with Crippen molar-refractivity contribution in [3.8, 4) is 28.6 Å². The third-order valence-electron chi connectivity index (χ3n) is 5.67. The Morgan fingerprint density at radius 2 is 1.88 bits per heavy atom. The third kappa shape index (κ3) is 4.50. The van der Waals surface area contributed by atoms with E-state index in [2.05, 4.69) is 20.9 Å². The van der Waals surface area contributed by atoms with E-state index in [9.17, 15) is 4.79 Å². The number of hydrogen-bond donors (Lipinski definition) is 1. The molecular formula is C25H23BrN2O4S. The van der Waals surface area contributed by atoms with Gasteiger partial charge in [0.05, 0.1) is 17.0 Å². The Morgan fingerprint density at radius 3 is 2.70 bits per heavy atom. The molecule has 0 aliphatic heterocycles. The molecule has 4 aromatic rings. The highest BCUT2D eigenvalue weighted by Crippen LogP contribution is 2.40. The SMILES string of the molecule is COc1cc(-c2nc3sc4c(c3c(=O)[nH]2)CCCC4)cc(Br)c1OCCOc1ccccc1. The molecule has 0 bridgehead atoms. The number of ether oxygens (including phenoxy) is 3. The minimum absolute atomic E-state index is 0.0807. The first-order valence-electron chi connectivity index (χ1n) is 10.9. The van der Waals surface area contributed by atoms with Gasteiger partial charge in [0.1, 0.15) is 29.6 Å². The molecule has 1 aliphatic rings. The lowest BCUT2D eigenvalue weighted by atomic mass is 9.97. The Kier molecular flexibility index (Phi) is 6.37. The van der Waals surface area contributed by atoms with Gasteiger partial charge in [0.15, 0.2) is 11.5 Å². The van der Waals surface area contributed by atoms with Crippen LogP contribution in [0.5, 0.6) is 17.2 Å². The number of hydrogen-bond acceptors (Lipinski definition) is 6. The van der Waals surface area contributed by atoms with Gasteiger partial charge in [-0.15, -0.1) is 11.3 Å². The number of nitrogens with zero attached hydrogens (tertiary/aromatic N) is 1. The van der Waals surface area contributed by atoms with E-state index in [4.69, 9.17) is 19.2 Å². The predicted molar refractivity (Wildman–Crippen MR) is 134 cm³/mol. The maximum absolute atomic E-state index is 12.9. The molecule has 0 radical (unpaired) electrons. The van der Waals surface area contributed by atoms with Gasteiger partial charge in [-0.05, 0) is 71.4 Å². The smallest absolute Gasteiger partial charge is 0.260 e. The van der Waals surface area contributed by atoms with Crippen molar-refractivity contribution in [1.82, 2.24) is 9.97 Å². The number of thiophene rings is 1. The van der Waals surface area contributed by atoms with E-state index in [0.29, 0.717) is 35.0 Å². The molecule has 2 aromatic heterocycles. The normalized spacial score (nSPS) is 13.0. The van der Waals surface area contributed by atoms with Crippen LogP contribution in [0.3, 0.4) is 0 Å². The van der Waals surface area contributed by atoms with Gasteiger partial charge in [0.2, 0.25) is 0 Å². The van der Waals surface area contributed by atoms with E-state index in [0.717, 1.165) is 40.8 Å².